The molecule has 25 heavy (non-hydrogen) atoms. The summed E-state index contributed by atoms with van der Waals surface area (Å²) in [6.45, 7) is 3.47. The number of carbonyl (C=O) groups excluding carboxylic acids is 1. The highest BCUT2D eigenvalue weighted by Gasteiger charge is 2.14. The van der Waals surface area contributed by atoms with Crippen LogP contribution in [-0.4, -0.2) is 37.6 Å². The molecule has 4 nitrogen and oxygen atoms in total. The molecule has 5 heteroatoms. The van der Waals surface area contributed by atoms with E-state index < -0.39 is 0 Å². The van der Waals surface area contributed by atoms with Crippen LogP contribution in [0.4, 0.5) is 5.69 Å². The van der Waals surface area contributed by atoms with E-state index in [0.717, 1.165) is 18.7 Å². The van der Waals surface area contributed by atoms with E-state index in [0.29, 0.717) is 16.3 Å². The second-order valence-electron chi connectivity index (χ2n) is 6.30. The van der Waals surface area contributed by atoms with Crippen molar-refractivity contribution in [2.75, 3.05) is 32.1 Å². The maximum absolute atomic E-state index is 12.6. The molecule has 0 aliphatic carbocycles. The number of ether oxygens (including phenoxy) is 1. The van der Waals surface area contributed by atoms with Crippen molar-refractivity contribution in [2.24, 2.45) is 0 Å². The molecule has 1 aliphatic rings. The summed E-state index contributed by atoms with van der Waals surface area (Å²) in [5.41, 5.74) is 2.44. The van der Waals surface area contributed by atoms with Crippen molar-refractivity contribution in [1.29, 1.82) is 0 Å². The SMILES string of the molecule is COc1ccc(Cl)cc1C(=O)Nc1cccc(CCN2CCCC2)c1. The number of hydrogen-bond acceptors (Lipinski definition) is 3. The van der Waals surface area contributed by atoms with Crippen LogP contribution in [0.25, 0.3) is 0 Å². The van der Waals surface area contributed by atoms with Crippen molar-refractivity contribution >= 4 is 23.2 Å². The monoisotopic (exact) mass is 358 g/mol. The van der Waals surface area contributed by atoms with Crippen LogP contribution in [0, 0.1) is 0 Å². The molecule has 0 radical (unpaired) electrons. The third-order valence-electron chi connectivity index (χ3n) is 4.51. The summed E-state index contributed by atoms with van der Waals surface area (Å²) in [5.74, 6) is 0.281. The fourth-order valence-electron chi connectivity index (χ4n) is 3.15. The number of hydrogen-bond donors (Lipinski definition) is 1. The van der Waals surface area contributed by atoms with E-state index in [-0.39, 0.29) is 5.91 Å². The lowest BCUT2D eigenvalue weighted by atomic mass is 10.1. The Balaban J connectivity index is 1.67. The topological polar surface area (TPSA) is 41.6 Å². The van der Waals surface area contributed by atoms with Gasteiger partial charge in [-0.1, -0.05) is 23.7 Å². The van der Waals surface area contributed by atoms with Crippen LogP contribution in [0.5, 0.6) is 5.75 Å². The molecule has 0 unspecified atom stereocenters. The van der Waals surface area contributed by atoms with Gasteiger partial charge in [-0.25, -0.2) is 0 Å². The second kappa shape index (κ2) is 8.37. The van der Waals surface area contributed by atoms with Crippen molar-refractivity contribution in [1.82, 2.24) is 4.90 Å². The Bertz CT molecular complexity index is 742. The number of anilines is 1. The fourth-order valence-corrected chi connectivity index (χ4v) is 3.33. The average Bonchev–Trinajstić information content (AvgIpc) is 3.14. The second-order valence-corrected chi connectivity index (χ2v) is 6.73. The molecule has 0 spiro atoms. The molecule has 1 saturated heterocycles. The van der Waals surface area contributed by atoms with Crippen LogP contribution < -0.4 is 10.1 Å². The number of methoxy groups -OCH3 is 1. The van der Waals surface area contributed by atoms with Gasteiger partial charge in [0.1, 0.15) is 5.75 Å². The smallest absolute Gasteiger partial charge is 0.259 e. The number of nitrogens with zero attached hydrogens (tertiary/aromatic N) is 1. The fraction of sp³-hybridized carbons (Fsp3) is 0.350. The van der Waals surface area contributed by atoms with Gasteiger partial charge in [0.05, 0.1) is 12.7 Å². The minimum Gasteiger partial charge on any atom is -0.496 e. The van der Waals surface area contributed by atoms with Crippen LogP contribution in [0.3, 0.4) is 0 Å². The van der Waals surface area contributed by atoms with Gasteiger partial charge in [-0.3, -0.25) is 4.79 Å². The zero-order valence-corrected chi connectivity index (χ0v) is 15.2. The molecular weight excluding hydrogens is 336 g/mol. The van der Waals surface area contributed by atoms with E-state index in [1.807, 2.05) is 18.2 Å². The first-order chi connectivity index (χ1) is 12.2. The van der Waals surface area contributed by atoms with Gasteiger partial charge in [0.25, 0.3) is 5.91 Å². The molecular formula is C20H23ClN2O2. The van der Waals surface area contributed by atoms with Crippen LogP contribution in [-0.2, 0) is 6.42 Å². The Morgan fingerprint density at radius 2 is 2.00 bits per heavy atom. The van der Waals surface area contributed by atoms with Gasteiger partial charge >= 0.3 is 0 Å². The molecule has 3 rings (SSSR count). The average molecular weight is 359 g/mol. The van der Waals surface area contributed by atoms with Crippen LogP contribution in [0.2, 0.25) is 5.02 Å². The zero-order valence-electron chi connectivity index (χ0n) is 14.4. The van der Waals surface area contributed by atoms with Crippen molar-refractivity contribution in [2.45, 2.75) is 19.3 Å². The van der Waals surface area contributed by atoms with Gasteiger partial charge in [0.15, 0.2) is 0 Å². The highest BCUT2D eigenvalue weighted by atomic mass is 35.5. The van der Waals surface area contributed by atoms with Crippen molar-refractivity contribution in [3.63, 3.8) is 0 Å². The largest absolute Gasteiger partial charge is 0.496 e. The normalized spacial score (nSPS) is 14.5. The van der Waals surface area contributed by atoms with E-state index in [1.54, 1.807) is 25.3 Å². The Labute approximate surface area is 153 Å². The number of likely N-dealkylation sites (tertiary alicyclic amines) is 1. The van der Waals surface area contributed by atoms with E-state index >= 15 is 0 Å². The van der Waals surface area contributed by atoms with Gasteiger partial charge in [0, 0.05) is 17.3 Å². The third kappa shape index (κ3) is 4.74. The van der Waals surface area contributed by atoms with Gasteiger partial charge in [-0.2, -0.15) is 0 Å². The number of amides is 1. The van der Waals surface area contributed by atoms with Crippen LogP contribution >= 0.6 is 11.6 Å². The minimum absolute atomic E-state index is 0.226. The first kappa shape index (κ1) is 17.8. The van der Waals surface area contributed by atoms with E-state index in [1.165, 1.54) is 31.5 Å². The van der Waals surface area contributed by atoms with Gasteiger partial charge < -0.3 is 15.0 Å². The summed E-state index contributed by atoms with van der Waals surface area (Å²) in [4.78, 5) is 15.1. The predicted octanol–water partition coefficient (Wildman–Crippen LogP) is 4.24. The first-order valence-electron chi connectivity index (χ1n) is 8.62. The van der Waals surface area contributed by atoms with Crippen molar-refractivity contribution < 1.29 is 9.53 Å². The Morgan fingerprint density at radius 3 is 2.76 bits per heavy atom. The molecule has 1 heterocycles. The molecule has 1 fully saturated rings. The summed E-state index contributed by atoms with van der Waals surface area (Å²) in [6.07, 6.45) is 3.60. The summed E-state index contributed by atoms with van der Waals surface area (Å²) in [7, 11) is 1.54. The van der Waals surface area contributed by atoms with E-state index in [2.05, 4.69) is 16.3 Å². The third-order valence-corrected chi connectivity index (χ3v) is 4.74. The molecule has 0 saturated carbocycles. The number of halogens is 1. The number of rotatable bonds is 6. The summed E-state index contributed by atoms with van der Waals surface area (Å²) >= 11 is 6.01. The molecule has 2 aromatic rings. The predicted molar refractivity (Wildman–Crippen MR) is 102 cm³/mol. The standard InChI is InChI=1S/C20H23ClN2O2/c1-25-19-8-7-16(21)14-18(19)20(24)22-17-6-4-5-15(13-17)9-12-23-10-2-3-11-23/h4-8,13-14H,2-3,9-12H2,1H3,(H,22,24). The van der Waals surface area contributed by atoms with Crippen LogP contribution in [0.15, 0.2) is 42.5 Å². The highest BCUT2D eigenvalue weighted by Crippen LogP contribution is 2.24. The van der Waals surface area contributed by atoms with Crippen LogP contribution in [0.1, 0.15) is 28.8 Å². The lowest BCUT2D eigenvalue weighted by Gasteiger charge is -2.15. The summed E-state index contributed by atoms with van der Waals surface area (Å²) in [6, 6.07) is 13.0. The molecule has 132 valence electrons. The minimum atomic E-state index is -0.226. The molecule has 2 aromatic carbocycles. The van der Waals surface area contributed by atoms with Gasteiger partial charge in [-0.15, -0.1) is 0 Å². The molecule has 0 atom stereocenters. The van der Waals surface area contributed by atoms with Crippen molar-refractivity contribution in [3.05, 3.63) is 58.6 Å². The first-order valence-corrected chi connectivity index (χ1v) is 9.00. The van der Waals surface area contributed by atoms with E-state index in [9.17, 15) is 4.79 Å². The lowest BCUT2D eigenvalue weighted by Crippen LogP contribution is -2.22. The zero-order chi connectivity index (χ0) is 17.6. The Kier molecular flexibility index (Phi) is 5.95. The molecule has 1 N–H and O–H groups in total. The number of nitrogens with one attached hydrogen (secondary N) is 1. The Hall–Kier alpha value is -2.04. The van der Waals surface area contributed by atoms with Gasteiger partial charge in [-0.05, 0) is 68.2 Å². The molecule has 0 aromatic heterocycles. The molecule has 1 amide bonds. The lowest BCUT2D eigenvalue weighted by molar-refractivity contribution is 0.102. The van der Waals surface area contributed by atoms with Crippen molar-refractivity contribution in [3.8, 4) is 5.75 Å². The number of carbonyl (C=O) groups is 1. The molecule has 1 aliphatic heterocycles. The van der Waals surface area contributed by atoms with Gasteiger partial charge in [0.2, 0.25) is 0 Å². The summed E-state index contributed by atoms with van der Waals surface area (Å²) < 4.78 is 5.25. The maximum Gasteiger partial charge on any atom is 0.259 e. The molecule has 0 bridgehead atoms. The number of benzene rings is 2. The quantitative estimate of drug-likeness (QED) is 0.839. The maximum atomic E-state index is 12.6. The van der Waals surface area contributed by atoms with E-state index in [4.69, 9.17) is 16.3 Å². The Morgan fingerprint density at radius 1 is 1.20 bits per heavy atom. The highest BCUT2D eigenvalue weighted by molar-refractivity contribution is 6.31. The summed E-state index contributed by atoms with van der Waals surface area (Å²) in [5, 5.41) is 3.44.